The summed E-state index contributed by atoms with van der Waals surface area (Å²) in [6.45, 7) is 7.10. The highest BCUT2D eigenvalue weighted by Gasteiger charge is 2.56. The van der Waals surface area contributed by atoms with Crippen molar-refractivity contribution >= 4 is 0 Å². The molecule has 13 heavy (non-hydrogen) atoms. The van der Waals surface area contributed by atoms with Crippen molar-refractivity contribution in [1.82, 2.24) is 0 Å². The van der Waals surface area contributed by atoms with Crippen molar-refractivity contribution in [3.63, 3.8) is 0 Å². The minimum atomic E-state index is 0.500. The number of rotatable bonds is 2. The first-order valence-electron chi connectivity index (χ1n) is 5.83. The van der Waals surface area contributed by atoms with Gasteiger partial charge in [0.15, 0.2) is 0 Å². The maximum atomic E-state index is 6.32. The van der Waals surface area contributed by atoms with Gasteiger partial charge in [0.1, 0.15) is 0 Å². The maximum absolute atomic E-state index is 6.32. The molecule has 0 aromatic rings. The van der Waals surface area contributed by atoms with E-state index in [2.05, 4.69) is 20.8 Å². The first-order valence-corrected chi connectivity index (χ1v) is 5.83. The third kappa shape index (κ3) is 1.24. The molecule has 1 heteroatoms. The second-order valence-corrected chi connectivity index (χ2v) is 5.72. The number of hydrogen-bond acceptors (Lipinski definition) is 1. The van der Waals surface area contributed by atoms with Gasteiger partial charge in [0.05, 0.1) is 0 Å². The molecule has 2 N–H and O–H groups in total. The molecule has 0 saturated heterocycles. The summed E-state index contributed by atoms with van der Waals surface area (Å²) < 4.78 is 0. The van der Waals surface area contributed by atoms with Crippen LogP contribution in [-0.4, -0.2) is 6.04 Å². The Bertz CT molecular complexity index is 197. The van der Waals surface area contributed by atoms with Gasteiger partial charge in [0, 0.05) is 6.04 Å². The first-order chi connectivity index (χ1) is 6.07. The molecule has 0 aromatic carbocycles. The molecule has 4 atom stereocenters. The van der Waals surface area contributed by atoms with E-state index >= 15 is 0 Å². The van der Waals surface area contributed by atoms with Crippen molar-refractivity contribution < 1.29 is 0 Å². The molecule has 3 aliphatic rings. The molecule has 1 nitrogen and oxygen atoms in total. The highest BCUT2D eigenvalue weighted by Crippen LogP contribution is 2.60. The molecule has 0 aromatic heterocycles. The van der Waals surface area contributed by atoms with E-state index in [9.17, 15) is 0 Å². The van der Waals surface area contributed by atoms with Crippen molar-refractivity contribution in [3.05, 3.63) is 0 Å². The van der Waals surface area contributed by atoms with Crippen LogP contribution in [0.25, 0.3) is 0 Å². The summed E-state index contributed by atoms with van der Waals surface area (Å²) in [5.41, 5.74) is 6.88. The van der Waals surface area contributed by atoms with Crippen molar-refractivity contribution in [1.29, 1.82) is 0 Å². The van der Waals surface area contributed by atoms with Crippen LogP contribution in [0.4, 0.5) is 0 Å². The summed E-state index contributed by atoms with van der Waals surface area (Å²) >= 11 is 0. The summed E-state index contributed by atoms with van der Waals surface area (Å²) in [7, 11) is 0. The molecule has 0 unspecified atom stereocenters. The topological polar surface area (TPSA) is 26.0 Å². The van der Waals surface area contributed by atoms with Crippen LogP contribution < -0.4 is 5.73 Å². The predicted octanol–water partition coefficient (Wildman–Crippen LogP) is 2.80. The van der Waals surface area contributed by atoms with Crippen molar-refractivity contribution in [2.75, 3.05) is 0 Å². The molecule has 0 aliphatic heterocycles. The highest BCUT2D eigenvalue weighted by atomic mass is 14.8. The van der Waals surface area contributed by atoms with E-state index < -0.39 is 0 Å². The Hall–Kier alpha value is -0.0400. The van der Waals surface area contributed by atoms with Crippen LogP contribution in [0.3, 0.4) is 0 Å². The average Bonchev–Trinajstić information content (AvgIpc) is 2.08. The second-order valence-electron chi connectivity index (χ2n) is 5.72. The Morgan fingerprint density at radius 1 is 1.31 bits per heavy atom. The molecule has 0 heterocycles. The lowest BCUT2D eigenvalue weighted by atomic mass is 9.45. The van der Waals surface area contributed by atoms with Gasteiger partial charge >= 0.3 is 0 Å². The largest absolute Gasteiger partial charge is 0.327 e. The molecule has 3 aliphatic carbocycles. The Kier molecular flexibility index (Phi) is 2.18. The Balaban J connectivity index is 2.03. The second kappa shape index (κ2) is 2.98. The molecule has 3 fully saturated rings. The summed E-state index contributed by atoms with van der Waals surface area (Å²) in [5, 5.41) is 0. The van der Waals surface area contributed by atoms with Gasteiger partial charge in [-0.1, -0.05) is 27.2 Å². The molecule has 3 rings (SSSR count). The lowest BCUT2D eigenvalue weighted by Crippen LogP contribution is -2.61. The van der Waals surface area contributed by atoms with Gasteiger partial charge in [-0.05, 0) is 42.4 Å². The zero-order valence-corrected chi connectivity index (χ0v) is 9.22. The number of fused-ring (bicyclic) bond motifs is 2. The van der Waals surface area contributed by atoms with Gasteiger partial charge in [-0.2, -0.15) is 0 Å². The van der Waals surface area contributed by atoms with E-state index in [1.54, 1.807) is 0 Å². The van der Waals surface area contributed by atoms with Crippen molar-refractivity contribution in [3.8, 4) is 0 Å². The lowest BCUT2D eigenvalue weighted by Gasteiger charge is -2.62. The number of nitrogens with two attached hydrogens (primary N) is 1. The van der Waals surface area contributed by atoms with Crippen LogP contribution in [0.1, 0.15) is 46.5 Å². The maximum Gasteiger partial charge on any atom is 0.0101 e. The van der Waals surface area contributed by atoms with Crippen molar-refractivity contribution in [2.45, 2.75) is 52.5 Å². The zero-order chi connectivity index (χ0) is 9.64. The molecule has 0 amide bonds. The van der Waals surface area contributed by atoms with Crippen LogP contribution in [0.5, 0.6) is 0 Å². The Morgan fingerprint density at radius 2 is 2.00 bits per heavy atom. The van der Waals surface area contributed by atoms with Crippen LogP contribution in [0.2, 0.25) is 0 Å². The molecule has 0 spiro atoms. The fourth-order valence-electron chi connectivity index (χ4n) is 3.64. The van der Waals surface area contributed by atoms with Crippen LogP contribution in [0.15, 0.2) is 0 Å². The zero-order valence-electron chi connectivity index (χ0n) is 9.22. The quantitative estimate of drug-likeness (QED) is 0.696. The van der Waals surface area contributed by atoms with Gasteiger partial charge in [-0.25, -0.2) is 0 Å². The van der Waals surface area contributed by atoms with Crippen molar-refractivity contribution in [2.24, 2.45) is 28.9 Å². The van der Waals surface area contributed by atoms with E-state index in [1.807, 2.05) is 0 Å². The standard InChI is InChI=1S/C12H23N/c1-4-5-8-6-9-7-10(11(8)13)12(9,2)3/h8-11H,4-7,13H2,1-3H3/t8-,9-,10-,11+/m0/s1. The fourth-order valence-corrected chi connectivity index (χ4v) is 3.64. The van der Waals surface area contributed by atoms with Gasteiger partial charge in [-0.15, -0.1) is 0 Å². The summed E-state index contributed by atoms with van der Waals surface area (Å²) in [6, 6.07) is 0.500. The summed E-state index contributed by atoms with van der Waals surface area (Å²) in [6.07, 6.45) is 5.47. The predicted molar refractivity (Wildman–Crippen MR) is 56.4 cm³/mol. The highest BCUT2D eigenvalue weighted by molar-refractivity contribution is 5.07. The van der Waals surface area contributed by atoms with Crippen LogP contribution in [0, 0.1) is 23.2 Å². The SMILES string of the molecule is CCC[C@H]1C[C@H]2C[C@@H]([C@@H]1N)C2(C)C. The van der Waals surface area contributed by atoms with Gasteiger partial charge < -0.3 is 5.73 Å². The van der Waals surface area contributed by atoms with Gasteiger partial charge in [0.25, 0.3) is 0 Å². The fraction of sp³-hybridized carbons (Fsp3) is 1.00. The number of hydrogen-bond donors (Lipinski definition) is 1. The monoisotopic (exact) mass is 181 g/mol. The first kappa shape index (κ1) is 9.51. The third-order valence-electron chi connectivity index (χ3n) is 4.80. The molecule has 0 radical (unpaired) electrons. The van der Waals surface area contributed by atoms with E-state index in [0.717, 1.165) is 17.8 Å². The molecule has 76 valence electrons. The average molecular weight is 181 g/mol. The summed E-state index contributed by atoms with van der Waals surface area (Å²) in [5.74, 6) is 2.64. The minimum absolute atomic E-state index is 0.500. The Morgan fingerprint density at radius 3 is 2.46 bits per heavy atom. The van der Waals surface area contributed by atoms with Crippen LogP contribution >= 0.6 is 0 Å². The minimum Gasteiger partial charge on any atom is -0.327 e. The smallest absolute Gasteiger partial charge is 0.0101 e. The van der Waals surface area contributed by atoms with E-state index in [-0.39, 0.29) is 0 Å². The molecular formula is C12H23N. The van der Waals surface area contributed by atoms with Gasteiger partial charge in [-0.3, -0.25) is 0 Å². The lowest BCUT2D eigenvalue weighted by molar-refractivity contribution is -0.106. The van der Waals surface area contributed by atoms with E-state index in [4.69, 9.17) is 5.73 Å². The van der Waals surface area contributed by atoms with E-state index in [1.165, 1.54) is 25.7 Å². The normalized spacial score (nSPS) is 47.1. The Labute approximate surface area is 82.1 Å². The van der Waals surface area contributed by atoms with Gasteiger partial charge in [0.2, 0.25) is 0 Å². The summed E-state index contributed by atoms with van der Waals surface area (Å²) in [4.78, 5) is 0. The third-order valence-corrected chi connectivity index (χ3v) is 4.80. The molecule has 2 bridgehead atoms. The molecular weight excluding hydrogens is 158 g/mol. The van der Waals surface area contributed by atoms with Crippen LogP contribution in [-0.2, 0) is 0 Å². The molecule has 3 saturated carbocycles. The van der Waals surface area contributed by atoms with E-state index in [0.29, 0.717) is 11.5 Å².